The fraction of sp³-hybridized carbons (Fsp3) is 0.500. The highest BCUT2D eigenvalue weighted by atomic mass is 16.5. The molecule has 0 saturated heterocycles. The monoisotopic (exact) mass is 394 g/mol. The summed E-state index contributed by atoms with van der Waals surface area (Å²) in [5.41, 5.74) is 7.05. The summed E-state index contributed by atoms with van der Waals surface area (Å²) in [6.45, 7) is 15.5. The van der Waals surface area contributed by atoms with Crippen molar-refractivity contribution in [2.75, 3.05) is 25.1 Å². The Hall–Kier alpha value is -2.40. The van der Waals surface area contributed by atoms with Gasteiger partial charge in [0, 0.05) is 26.4 Å². The smallest absolute Gasteiger partial charge is 0.150 e. The van der Waals surface area contributed by atoms with Crippen LogP contribution in [0.1, 0.15) is 54.8 Å². The third-order valence-corrected chi connectivity index (χ3v) is 5.49. The minimum Gasteiger partial charge on any atom is -0.380 e. The van der Waals surface area contributed by atoms with Gasteiger partial charge in [-0.1, -0.05) is 25.5 Å². The van der Waals surface area contributed by atoms with Crippen LogP contribution in [0, 0.1) is 27.7 Å². The van der Waals surface area contributed by atoms with Gasteiger partial charge in [-0.15, -0.1) is 0 Å². The van der Waals surface area contributed by atoms with E-state index in [1.807, 2.05) is 6.92 Å². The Morgan fingerprint density at radius 1 is 1.00 bits per heavy atom. The Kier molecular flexibility index (Phi) is 6.58. The molecule has 0 N–H and O–H groups in total. The van der Waals surface area contributed by atoms with E-state index in [9.17, 15) is 0 Å². The molecule has 156 valence electrons. The molecule has 5 heteroatoms. The Bertz CT molecular complexity index is 983. The van der Waals surface area contributed by atoms with E-state index in [2.05, 4.69) is 62.4 Å². The van der Waals surface area contributed by atoms with E-state index in [-0.39, 0.29) is 0 Å². The van der Waals surface area contributed by atoms with Gasteiger partial charge in [0.2, 0.25) is 0 Å². The third-order valence-electron chi connectivity index (χ3n) is 5.49. The minimum absolute atomic E-state index is 0.627. The molecule has 5 nitrogen and oxygen atoms in total. The van der Waals surface area contributed by atoms with Gasteiger partial charge < -0.3 is 14.2 Å². The maximum Gasteiger partial charge on any atom is 0.150 e. The van der Waals surface area contributed by atoms with Crippen molar-refractivity contribution in [3.8, 4) is 5.69 Å². The molecule has 1 aromatic carbocycles. The van der Waals surface area contributed by atoms with Gasteiger partial charge in [0.25, 0.3) is 0 Å². The molecule has 2 aromatic heterocycles. The summed E-state index contributed by atoms with van der Waals surface area (Å²) in [5, 5.41) is 1.16. The molecule has 2 heterocycles. The summed E-state index contributed by atoms with van der Waals surface area (Å²) in [6.07, 6.45) is 4.55. The fourth-order valence-electron chi connectivity index (χ4n) is 4.23. The van der Waals surface area contributed by atoms with Crippen molar-refractivity contribution in [3.63, 3.8) is 0 Å². The molecule has 0 spiro atoms. The maximum atomic E-state index is 5.33. The van der Waals surface area contributed by atoms with Crippen LogP contribution in [0.2, 0.25) is 0 Å². The number of anilines is 1. The van der Waals surface area contributed by atoms with E-state index in [1.54, 1.807) is 7.11 Å². The Morgan fingerprint density at radius 2 is 1.69 bits per heavy atom. The molecule has 29 heavy (non-hydrogen) atoms. The van der Waals surface area contributed by atoms with E-state index in [1.165, 1.54) is 34.4 Å². The standard InChI is InChI=1S/C24H34N4O/c1-8-10-11-27(9-2)23-21-18(5)14-28(24(21)26-19(6)25-23)22-16(3)12-20(15-29-7)13-17(22)4/h12-14H,8-11,15H2,1-7H3. The lowest BCUT2D eigenvalue weighted by Crippen LogP contribution is -2.25. The average molecular weight is 395 g/mol. The van der Waals surface area contributed by atoms with E-state index >= 15 is 0 Å². The van der Waals surface area contributed by atoms with Gasteiger partial charge in [-0.3, -0.25) is 0 Å². The van der Waals surface area contributed by atoms with Crippen molar-refractivity contribution >= 4 is 16.9 Å². The number of hydrogen-bond acceptors (Lipinski definition) is 4. The van der Waals surface area contributed by atoms with Gasteiger partial charge in [-0.2, -0.15) is 0 Å². The van der Waals surface area contributed by atoms with Crippen LogP contribution in [-0.2, 0) is 11.3 Å². The first-order chi connectivity index (χ1) is 13.9. The van der Waals surface area contributed by atoms with Crippen molar-refractivity contribution in [2.24, 2.45) is 0 Å². The molecular formula is C24H34N4O. The molecule has 0 aliphatic carbocycles. The number of aromatic nitrogens is 3. The Labute approximate surface area is 174 Å². The quantitative estimate of drug-likeness (QED) is 0.511. The van der Waals surface area contributed by atoms with Gasteiger partial charge in [0.05, 0.1) is 17.7 Å². The summed E-state index contributed by atoms with van der Waals surface area (Å²) in [4.78, 5) is 12.1. The zero-order chi connectivity index (χ0) is 21.1. The molecule has 0 bridgehead atoms. The Morgan fingerprint density at radius 3 is 2.28 bits per heavy atom. The molecule has 0 unspecified atom stereocenters. The van der Waals surface area contributed by atoms with Crippen LogP contribution >= 0.6 is 0 Å². The highest BCUT2D eigenvalue weighted by molar-refractivity contribution is 5.92. The van der Waals surface area contributed by atoms with Crippen molar-refractivity contribution in [1.29, 1.82) is 0 Å². The van der Waals surface area contributed by atoms with E-state index in [0.717, 1.165) is 42.2 Å². The molecule has 0 radical (unpaired) electrons. The predicted molar refractivity (Wildman–Crippen MR) is 121 cm³/mol. The lowest BCUT2D eigenvalue weighted by molar-refractivity contribution is 0.185. The third kappa shape index (κ3) is 4.15. The summed E-state index contributed by atoms with van der Waals surface area (Å²) in [7, 11) is 1.74. The first-order valence-corrected chi connectivity index (χ1v) is 10.6. The maximum absolute atomic E-state index is 5.33. The number of methoxy groups -OCH3 is 1. The van der Waals surface area contributed by atoms with Crippen LogP contribution < -0.4 is 4.90 Å². The minimum atomic E-state index is 0.627. The van der Waals surface area contributed by atoms with Gasteiger partial charge in [-0.25, -0.2) is 9.97 Å². The number of unbranched alkanes of at least 4 members (excludes halogenated alkanes) is 1. The van der Waals surface area contributed by atoms with Gasteiger partial charge in [0.15, 0.2) is 5.65 Å². The number of aryl methyl sites for hydroxylation is 4. The zero-order valence-corrected chi connectivity index (χ0v) is 19.0. The summed E-state index contributed by atoms with van der Waals surface area (Å²) in [6, 6.07) is 4.42. The highest BCUT2D eigenvalue weighted by Gasteiger charge is 2.20. The molecule has 0 fully saturated rings. The van der Waals surface area contributed by atoms with Crippen molar-refractivity contribution in [1.82, 2.24) is 14.5 Å². The van der Waals surface area contributed by atoms with Crippen molar-refractivity contribution < 1.29 is 4.74 Å². The first-order valence-electron chi connectivity index (χ1n) is 10.6. The molecular weight excluding hydrogens is 360 g/mol. The second-order valence-electron chi connectivity index (χ2n) is 7.92. The van der Waals surface area contributed by atoms with Crippen LogP contribution in [0.4, 0.5) is 5.82 Å². The molecule has 0 aliphatic rings. The fourth-order valence-corrected chi connectivity index (χ4v) is 4.23. The molecule has 0 atom stereocenters. The van der Waals surface area contributed by atoms with Gasteiger partial charge in [-0.05, 0) is 63.3 Å². The van der Waals surface area contributed by atoms with Crippen molar-refractivity contribution in [3.05, 3.63) is 46.4 Å². The van der Waals surface area contributed by atoms with E-state index in [4.69, 9.17) is 14.7 Å². The number of benzene rings is 1. The number of nitrogens with zero attached hydrogens (tertiary/aromatic N) is 4. The summed E-state index contributed by atoms with van der Waals surface area (Å²) >= 11 is 0. The second-order valence-corrected chi connectivity index (χ2v) is 7.92. The largest absolute Gasteiger partial charge is 0.380 e. The summed E-state index contributed by atoms with van der Waals surface area (Å²) < 4.78 is 7.57. The van der Waals surface area contributed by atoms with Gasteiger partial charge >= 0.3 is 0 Å². The lowest BCUT2D eigenvalue weighted by atomic mass is 10.0. The zero-order valence-electron chi connectivity index (χ0n) is 19.0. The lowest BCUT2D eigenvalue weighted by Gasteiger charge is -2.23. The van der Waals surface area contributed by atoms with Crippen LogP contribution in [0.25, 0.3) is 16.7 Å². The number of fused-ring (bicyclic) bond motifs is 1. The van der Waals surface area contributed by atoms with Gasteiger partial charge in [0.1, 0.15) is 11.6 Å². The van der Waals surface area contributed by atoms with Crippen molar-refractivity contribution in [2.45, 2.75) is 61.0 Å². The molecule has 3 aromatic rings. The normalized spacial score (nSPS) is 11.4. The highest BCUT2D eigenvalue weighted by Crippen LogP contribution is 2.33. The number of hydrogen-bond donors (Lipinski definition) is 0. The average Bonchev–Trinajstić information content (AvgIpc) is 2.98. The second kappa shape index (κ2) is 8.95. The molecule has 3 rings (SSSR count). The SMILES string of the molecule is CCCCN(CC)c1nc(C)nc2c1c(C)cn2-c1c(C)cc(COC)cc1C. The van der Waals surface area contributed by atoms with E-state index < -0.39 is 0 Å². The number of ether oxygens (including phenoxy) is 1. The Balaban J connectivity index is 2.22. The molecule has 0 amide bonds. The van der Waals surface area contributed by atoms with Crippen LogP contribution in [0.5, 0.6) is 0 Å². The van der Waals surface area contributed by atoms with E-state index in [0.29, 0.717) is 6.61 Å². The van der Waals surface area contributed by atoms with Crippen LogP contribution in [0.15, 0.2) is 18.3 Å². The summed E-state index contributed by atoms with van der Waals surface area (Å²) in [5.74, 6) is 1.87. The number of rotatable bonds is 8. The predicted octanol–water partition coefficient (Wildman–Crippen LogP) is 5.43. The first kappa shape index (κ1) is 21.3. The van der Waals surface area contributed by atoms with Crippen LogP contribution in [-0.4, -0.2) is 34.7 Å². The topological polar surface area (TPSA) is 43.2 Å². The molecule has 0 aliphatic heterocycles. The van der Waals surface area contributed by atoms with Crippen LogP contribution in [0.3, 0.4) is 0 Å². The molecule has 0 saturated carbocycles.